The Labute approximate surface area is 323 Å². The fourth-order valence-electron chi connectivity index (χ4n) is 7.26. The number of anilines is 3. The number of hydrogen-bond donors (Lipinski definition) is 0. The number of benzene rings is 8. The van der Waals surface area contributed by atoms with Crippen LogP contribution in [-0.2, 0) is 0 Å². The molecule has 9 rings (SSSR count). The molecule has 0 fully saturated rings. The lowest BCUT2D eigenvalue weighted by molar-refractivity contribution is 1.28. The molecule has 0 atom stereocenters. The van der Waals surface area contributed by atoms with Gasteiger partial charge in [-0.25, -0.2) is 0 Å². The topological polar surface area (TPSA) is 3.24 Å². The second-order valence-corrected chi connectivity index (χ2v) is 13.7. The van der Waals surface area contributed by atoms with Crippen LogP contribution < -0.4 is 4.90 Å². The van der Waals surface area contributed by atoms with E-state index in [9.17, 15) is 0 Å². The van der Waals surface area contributed by atoms with Gasteiger partial charge >= 0.3 is 0 Å². The van der Waals surface area contributed by atoms with E-state index in [0.717, 1.165) is 39.3 Å². The van der Waals surface area contributed by atoms with Gasteiger partial charge in [0.2, 0.25) is 0 Å². The molecule has 1 heteroatoms. The van der Waals surface area contributed by atoms with Gasteiger partial charge in [-0.05, 0) is 128 Å². The van der Waals surface area contributed by atoms with E-state index in [0.29, 0.717) is 0 Å². The lowest BCUT2D eigenvalue weighted by Gasteiger charge is -2.26. The third-order valence-electron chi connectivity index (χ3n) is 10.1. The molecule has 0 amide bonds. The first-order valence-corrected chi connectivity index (χ1v) is 18.7. The maximum Gasteiger partial charge on any atom is 0.0462 e. The van der Waals surface area contributed by atoms with Crippen LogP contribution in [0.3, 0.4) is 0 Å². The zero-order chi connectivity index (χ0) is 36.8. The van der Waals surface area contributed by atoms with E-state index in [-0.39, 0.29) is 0 Å². The highest BCUT2D eigenvalue weighted by Gasteiger charge is 2.15. The maximum absolute atomic E-state index is 3.24. The van der Waals surface area contributed by atoms with E-state index >= 15 is 0 Å². The summed E-state index contributed by atoms with van der Waals surface area (Å²) in [5.41, 5.74) is 23.7. The molecule has 1 aliphatic carbocycles. The van der Waals surface area contributed by atoms with E-state index in [1.807, 2.05) is 12.2 Å². The second-order valence-electron chi connectivity index (χ2n) is 13.7. The van der Waals surface area contributed by atoms with E-state index in [1.165, 1.54) is 44.5 Å². The summed E-state index contributed by atoms with van der Waals surface area (Å²) >= 11 is 0. The zero-order valence-corrected chi connectivity index (χ0v) is 30.3. The summed E-state index contributed by atoms with van der Waals surface area (Å²) < 4.78 is 0. The molecule has 258 valence electrons. The van der Waals surface area contributed by atoms with Gasteiger partial charge in [0.05, 0.1) is 0 Å². The Kier molecular flexibility index (Phi) is 9.30. The molecule has 0 aliphatic heterocycles. The minimum atomic E-state index is 1.04. The average molecular weight is 700 g/mol. The standard InChI is InChI=1S/C54H37N/c1-4-13-40(14-5-1)46-19-10-22-49(37-46)43-25-31-52(32-26-43)55(53-33-27-44(28-34-53)50-23-11-20-47(38-50)41-15-6-2-7-16-41)54-35-29-45(30-36-54)51-24-12-21-48(39-51)42-17-8-3-9-18-42/h1-8,10-17,19-39H. The van der Waals surface area contributed by atoms with Crippen LogP contribution in [0.15, 0.2) is 236 Å². The first-order valence-electron chi connectivity index (χ1n) is 18.7. The van der Waals surface area contributed by atoms with Crippen molar-refractivity contribution in [2.75, 3.05) is 4.90 Å². The van der Waals surface area contributed by atoms with Gasteiger partial charge in [0.15, 0.2) is 0 Å². The smallest absolute Gasteiger partial charge is 0.0462 e. The maximum atomic E-state index is 3.24. The van der Waals surface area contributed by atoms with Crippen LogP contribution in [0, 0.1) is 0 Å². The quantitative estimate of drug-likeness (QED) is 0.136. The Bertz CT molecular complexity index is 2600. The molecule has 0 aromatic heterocycles. The molecule has 0 spiro atoms. The first kappa shape index (κ1) is 33.4. The summed E-state index contributed by atoms with van der Waals surface area (Å²) in [4.78, 5) is 2.34. The fraction of sp³-hybridized carbons (Fsp3) is 0. The molecule has 8 aromatic rings. The normalized spacial score (nSPS) is 11.7. The molecule has 0 N–H and O–H groups in total. The van der Waals surface area contributed by atoms with Crippen LogP contribution in [-0.4, -0.2) is 0 Å². The van der Waals surface area contributed by atoms with Crippen LogP contribution in [0.25, 0.3) is 61.2 Å². The highest BCUT2D eigenvalue weighted by atomic mass is 15.1. The third kappa shape index (κ3) is 7.31. The SMILES string of the molecule is C1=C=C(c2cccc(-c3ccc(N(c4ccc(-c5cccc(-c6ccccc6)c5)cc4)c4ccc(-c5cccc(-c6ccccc6)c5)cc4)cc3)c2)C=CC=1. The highest BCUT2D eigenvalue weighted by Crippen LogP contribution is 2.38. The van der Waals surface area contributed by atoms with Gasteiger partial charge in [0.25, 0.3) is 0 Å². The summed E-state index contributed by atoms with van der Waals surface area (Å²) in [6, 6.07) is 74.0. The van der Waals surface area contributed by atoms with Gasteiger partial charge < -0.3 is 4.90 Å². The molecule has 1 aliphatic rings. The van der Waals surface area contributed by atoms with Crippen molar-refractivity contribution in [1.29, 1.82) is 0 Å². The van der Waals surface area contributed by atoms with Crippen molar-refractivity contribution in [3.05, 3.63) is 242 Å². The van der Waals surface area contributed by atoms with E-state index in [4.69, 9.17) is 0 Å². The van der Waals surface area contributed by atoms with Gasteiger partial charge in [-0.15, -0.1) is 0 Å². The van der Waals surface area contributed by atoms with Crippen molar-refractivity contribution >= 4 is 22.6 Å². The minimum Gasteiger partial charge on any atom is -0.311 e. The van der Waals surface area contributed by atoms with Crippen molar-refractivity contribution in [1.82, 2.24) is 0 Å². The molecular weight excluding hydrogens is 663 g/mol. The molecule has 1 nitrogen and oxygen atoms in total. The largest absolute Gasteiger partial charge is 0.311 e. The molecule has 55 heavy (non-hydrogen) atoms. The van der Waals surface area contributed by atoms with Crippen molar-refractivity contribution in [2.24, 2.45) is 0 Å². The van der Waals surface area contributed by atoms with E-state index in [2.05, 4.69) is 229 Å². The van der Waals surface area contributed by atoms with Gasteiger partial charge in [-0.1, -0.05) is 169 Å². The second kappa shape index (κ2) is 15.3. The Morgan fingerprint density at radius 1 is 0.291 bits per heavy atom. The van der Waals surface area contributed by atoms with E-state index < -0.39 is 0 Å². The fourth-order valence-corrected chi connectivity index (χ4v) is 7.26. The minimum absolute atomic E-state index is 1.04. The summed E-state index contributed by atoms with van der Waals surface area (Å²) in [6.07, 6.45) is 5.96. The molecule has 0 saturated heterocycles. The summed E-state index contributed by atoms with van der Waals surface area (Å²) in [5.74, 6) is 0. The Morgan fingerprint density at radius 3 is 0.982 bits per heavy atom. The van der Waals surface area contributed by atoms with Gasteiger partial charge in [-0.3, -0.25) is 0 Å². The van der Waals surface area contributed by atoms with Gasteiger partial charge in [0, 0.05) is 22.6 Å². The zero-order valence-electron chi connectivity index (χ0n) is 30.3. The molecule has 0 unspecified atom stereocenters. The number of allylic oxidation sites excluding steroid dienone is 4. The molecule has 0 radical (unpaired) electrons. The Morgan fingerprint density at radius 2 is 0.618 bits per heavy atom. The average Bonchev–Trinajstić information content (AvgIpc) is 3.28. The van der Waals surface area contributed by atoms with Crippen molar-refractivity contribution in [2.45, 2.75) is 0 Å². The Balaban J connectivity index is 1.06. The van der Waals surface area contributed by atoms with Crippen molar-refractivity contribution < 1.29 is 0 Å². The van der Waals surface area contributed by atoms with Crippen molar-refractivity contribution in [3.8, 4) is 55.6 Å². The summed E-state index contributed by atoms with van der Waals surface area (Å²) in [6.45, 7) is 0. The summed E-state index contributed by atoms with van der Waals surface area (Å²) in [7, 11) is 0. The first-order chi connectivity index (χ1) is 27.2. The highest BCUT2D eigenvalue weighted by molar-refractivity contribution is 5.83. The molecule has 8 aromatic carbocycles. The molecular formula is C54H37N. The van der Waals surface area contributed by atoms with Gasteiger partial charge in [-0.2, -0.15) is 0 Å². The molecule has 0 bridgehead atoms. The molecule has 0 saturated carbocycles. The summed E-state index contributed by atoms with van der Waals surface area (Å²) in [5, 5.41) is 0. The van der Waals surface area contributed by atoms with Crippen LogP contribution in [0.5, 0.6) is 0 Å². The number of rotatable bonds is 9. The van der Waals surface area contributed by atoms with Gasteiger partial charge in [0.1, 0.15) is 0 Å². The van der Waals surface area contributed by atoms with Crippen molar-refractivity contribution in [3.63, 3.8) is 0 Å². The third-order valence-corrected chi connectivity index (χ3v) is 10.1. The number of hydrogen-bond acceptors (Lipinski definition) is 1. The predicted octanol–water partition coefficient (Wildman–Crippen LogP) is 14.8. The Hall–Kier alpha value is -7.40. The van der Waals surface area contributed by atoms with Crippen LogP contribution in [0.4, 0.5) is 17.1 Å². The lowest BCUT2D eigenvalue weighted by Crippen LogP contribution is -2.09. The van der Waals surface area contributed by atoms with Crippen LogP contribution >= 0.6 is 0 Å². The number of nitrogens with zero attached hydrogens (tertiary/aromatic N) is 1. The van der Waals surface area contributed by atoms with Crippen LogP contribution in [0.1, 0.15) is 5.56 Å². The monoisotopic (exact) mass is 699 g/mol. The molecule has 0 heterocycles. The predicted molar refractivity (Wildman–Crippen MR) is 232 cm³/mol. The van der Waals surface area contributed by atoms with Crippen LogP contribution in [0.2, 0.25) is 0 Å². The van der Waals surface area contributed by atoms with E-state index in [1.54, 1.807) is 0 Å². The lowest BCUT2D eigenvalue weighted by atomic mass is 9.97.